The maximum atomic E-state index is 13.2. The molecule has 0 fully saturated rings. The summed E-state index contributed by atoms with van der Waals surface area (Å²) >= 11 is 5.44. The summed E-state index contributed by atoms with van der Waals surface area (Å²) in [5.74, 6) is -1.87. The van der Waals surface area contributed by atoms with Gasteiger partial charge in [0, 0.05) is 11.6 Å². The fourth-order valence-electron chi connectivity index (χ4n) is 1.23. The molecule has 0 radical (unpaired) electrons. The summed E-state index contributed by atoms with van der Waals surface area (Å²) < 4.78 is 62.1. The van der Waals surface area contributed by atoms with Crippen LogP contribution in [0.2, 0.25) is 0 Å². The second kappa shape index (κ2) is 4.57. The lowest BCUT2D eigenvalue weighted by Gasteiger charge is -2.14. The molecule has 0 aliphatic heterocycles. The van der Waals surface area contributed by atoms with Crippen molar-refractivity contribution in [3.8, 4) is 0 Å². The van der Waals surface area contributed by atoms with Crippen molar-refractivity contribution in [1.82, 2.24) is 0 Å². The van der Waals surface area contributed by atoms with Crippen molar-refractivity contribution in [1.29, 1.82) is 0 Å². The normalized spacial score (nSPS) is 13.9. The van der Waals surface area contributed by atoms with E-state index in [2.05, 4.69) is 0 Å². The zero-order valence-electron chi connectivity index (χ0n) is 8.21. The number of hydrogen-bond acceptors (Lipinski definition) is 0. The lowest BCUT2D eigenvalue weighted by Crippen LogP contribution is -2.12. The molecule has 90 valence electrons. The quantitative estimate of drug-likeness (QED) is 0.541. The van der Waals surface area contributed by atoms with Gasteiger partial charge in [0.05, 0.1) is 11.8 Å². The predicted molar refractivity (Wildman–Crippen MR) is 50.4 cm³/mol. The van der Waals surface area contributed by atoms with Crippen molar-refractivity contribution < 1.29 is 22.0 Å². The summed E-state index contributed by atoms with van der Waals surface area (Å²) in [5, 5.41) is -1.54. The zero-order valence-corrected chi connectivity index (χ0v) is 8.96. The number of alkyl halides is 4. The van der Waals surface area contributed by atoms with Crippen LogP contribution in [-0.2, 0) is 0 Å². The molecule has 0 aromatic heterocycles. The maximum absolute atomic E-state index is 13.2. The van der Waals surface area contributed by atoms with Crippen LogP contribution in [-0.4, -0.2) is 6.18 Å². The molecule has 0 heterocycles. The Labute approximate surface area is 94.0 Å². The van der Waals surface area contributed by atoms with Crippen molar-refractivity contribution in [2.24, 2.45) is 0 Å². The molecular formula is C10H8ClF5. The summed E-state index contributed by atoms with van der Waals surface area (Å²) in [6.45, 7) is 1.33. The third-order valence-electron chi connectivity index (χ3n) is 2.03. The smallest absolute Gasteiger partial charge is 0.207 e. The molecule has 0 bridgehead atoms. The van der Waals surface area contributed by atoms with E-state index in [1.54, 1.807) is 0 Å². The Kier molecular flexibility index (Phi) is 3.78. The van der Waals surface area contributed by atoms with E-state index < -0.39 is 29.6 Å². The molecule has 6 heteroatoms. The summed E-state index contributed by atoms with van der Waals surface area (Å²) in [5.41, 5.74) is -0.276. The Morgan fingerprint density at radius 3 is 2.25 bits per heavy atom. The first-order chi connectivity index (χ1) is 7.20. The van der Waals surface area contributed by atoms with Gasteiger partial charge in [-0.15, -0.1) is 11.6 Å². The SMILES string of the molecule is Cc1cc(C(Cl)CC(F)(F)F)c(F)cc1F. The van der Waals surface area contributed by atoms with E-state index in [0.717, 1.165) is 6.07 Å². The molecule has 0 spiro atoms. The van der Waals surface area contributed by atoms with E-state index in [-0.39, 0.29) is 11.1 Å². The summed E-state index contributed by atoms with van der Waals surface area (Å²) in [6.07, 6.45) is -5.84. The van der Waals surface area contributed by atoms with Gasteiger partial charge in [-0.3, -0.25) is 0 Å². The minimum Gasteiger partial charge on any atom is -0.207 e. The molecule has 0 aliphatic rings. The molecule has 0 nitrogen and oxygen atoms in total. The molecule has 1 rings (SSSR count). The number of benzene rings is 1. The highest BCUT2D eigenvalue weighted by molar-refractivity contribution is 6.20. The van der Waals surface area contributed by atoms with Crippen LogP contribution in [0.5, 0.6) is 0 Å². The van der Waals surface area contributed by atoms with Crippen molar-refractivity contribution in [2.45, 2.75) is 24.9 Å². The molecule has 0 N–H and O–H groups in total. The minimum absolute atomic E-state index is 0.0595. The van der Waals surface area contributed by atoms with Gasteiger partial charge >= 0.3 is 6.18 Å². The predicted octanol–water partition coefficient (Wildman–Crippen LogP) is 4.51. The fraction of sp³-hybridized carbons (Fsp3) is 0.400. The van der Waals surface area contributed by atoms with Crippen LogP contribution in [0, 0.1) is 18.6 Å². The Morgan fingerprint density at radius 1 is 1.19 bits per heavy atom. The first-order valence-electron chi connectivity index (χ1n) is 4.37. The average Bonchev–Trinajstić information content (AvgIpc) is 2.08. The number of hydrogen-bond donors (Lipinski definition) is 0. The molecule has 1 atom stereocenters. The van der Waals surface area contributed by atoms with Crippen LogP contribution in [0.25, 0.3) is 0 Å². The largest absolute Gasteiger partial charge is 0.390 e. The highest BCUT2D eigenvalue weighted by Crippen LogP contribution is 2.35. The summed E-state index contributed by atoms with van der Waals surface area (Å²) in [4.78, 5) is 0. The molecule has 1 unspecified atom stereocenters. The number of halogens is 6. The van der Waals surface area contributed by atoms with Crippen LogP contribution in [0.4, 0.5) is 22.0 Å². The molecule has 0 saturated heterocycles. The van der Waals surface area contributed by atoms with Crippen molar-refractivity contribution >= 4 is 11.6 Å². The van der Waals surface area contributed by atoms with E-state index in [4.69, 9.17) is 11.6 Å². The van der Waals surface area contributed by atoms with Crippen LogP contribution in [0.15, 0.2) is 12.1 Å². The molecule has 16 heavy (non-hydrogen) atoms. The Hall–Kier alpha value is -0.840. The number of rotatable bonds is 2. The zero-order chi connectivity index (χ0) is 12.5. The third kappa shape index (κ3) is 3.33. The van der Waals surface area contributed by atoms with Crippen LogP contribution < -0.4 is 0 Å². The lowest BCUT2D eigenvalue weighted by atomic mass is 10.1. The van der Waals surface area contributed by atoms with Gasteiger partial charge in [0.15, 0.2) is 0 Å². The molecular weight excluding hydrogens is 251 g/mol. The van der Waals surface area contributed by atoms with E-state index in [9.17, 15) is 22.0 Å². The summed E-state index contributed by atoms with van der Waals surface area (Å²) in [7, 11) is 0. The Balaban J connectivity index is 3.00. The van der Waals surface area contributed by atoms with Gasteiger partial charge in [0.25, 0.3) is 0 Å². The van der Waals surface area contributed by atoms with Crippen molar-refractivity contribution in [3.63, 3.8) is 0 Å². The highest BCUT2D eigenvalue weighted by Gasteiger charge is 2.33. The Bertz CT molecular complexity index is 386. The van der Waals surface area contributed by atoms with E-state index in [1.165, 1.54) is 6.92 Å². The highest BCUT2D eigenvalue weighted by atomic mass is 35.5. The minimum atomic E-state index is -4.48. The van der Waals surface area contributed by atoms with Crippen LogP contribution >= 0.6 is 11.6 Å². The third-order valence-corrected chi connectivity index (χ3v) is 2.42. The molecule has 1 aromatic rings. The van der Waals surface area contributed by atoms with Gasteiger partial charge in [-0.1, -0.05) is 0 Å². The second-order valence-corrected chi connectivity index (χ2v) is 3.94. The topological polar surface area (TPSA) is 0 Å². The van der Waals surface area contributed by atoms with Crippen LogP contribution in [0.1, 0.15) is 22.9 Å². The van der Waals surface area contributed by atoms with Gasteiger partial charge in [-0.2, -0.15) is 13.2 Å². The van der Waals surface area contributed by atoms with E-state index in [0.29, 0.717) is 6.07 Å². The van der Waals surface area contributed by atoms with Crippen molar-refractivity contribution in [3.05, 3.63) is 34.9 Å². The fourth-order valence-corrected chi connectivity index (χ4v) is 1.57. The van der Waals surface area contributed by atoms with Gasteiger partial charge in [-0.25, -0.2) is 8.78 Å². The van der Waals surface area contributed by atoms with E-state index in [1.807, 2.05) is 0 Å². The van der Waals surface area contributed by atoms with Gasteiger partial charge in [0.2, 0.25) is 0 Å². The first kappa shape index (κ1) is 13.2. The average molecular weight is 259 g/mol. The molecule has 1 aromatic carbocycles. The van der Waals surface area contributed by atoms with Gasteiger partial charge < -0.3 is 0 Å². The molecule has 0 amide bonds. The first-order valence-corrected chi connectivity index (χ1v) is 4.80. The second-order valence-electron chi connectivity index (χ2n) is 3.41. The lowest BCUT2D eigenvalue weighted by molar-refractivity contribution is -0.134. The summed E-state index contributed by atoms with van der Waals surface area (Å²) in [6, 6.07) is 1.53. The van der Waals surface area contributed by atoms with Gasteiger partial charge in [-0.05, 0) is 18.6 Å². The molecule has 0 aliphatic carbocycles. The monoisotopic (exact) mass is 258 g/mol. The number of aryl methyl sites for hydroxylation is 1. The Morgan fingerprint density at radius 2 is 1.75 bits per heavy atom. The standard InChI is InChI=1S/C10H8ClF5/c1-5-2-6(9(13)3-8(5)12)7(11)4-10(14,15)16/h2-3,7H,4H2,1H3. The van der Waals surface area contributed by atoms with E-state index >= 15 is 0 Å². The van der Waals surface area contributed by atoms with Crippen LogP contribution in [0.3, 0.4) is 0 Å². The maximum Gasteiger partial charge on any atom is 0.390 e. The van der Waals surface area contributed by atoms with Gasteiger partial charge in [0.1, 0.15) is 11.6 Å². The molecule has 0 saturated carbocycles. The van der Waals surface area contributed by atoms with Crippen molar-refractivity contribution in [2.75, 3.05) is 0 Å².